The van der Waals surface area contributed by atoms with Crippen LogP contribution in [0.15, 0.2) is 0 Å². The summed E-state index contributed by atoms with van der Waals surface area (Å²) in [5.41, 5.74) is 0. The Morgan fingerprint density at radius 1 is 0.538 bits per heavy atom. The summed E-state index contributed by atoms with van der Waals surface area (Å²) in [6.07, 6.45) is 0. The van der Waals surface area contributed by atoms with E-state index in [9.17, 15) is 0 Å². The van der Waals surface area contributed by atoms with Gasteiger partial charge in [0.15, 0.2) is 0 Å². The summed E-state index contributed by atoms with van der Waals surface area (Å²) >= 11 is -11.8. The van der Waals surface area contributed by atoms with Gasteiger partial charge < -0.3 is 0 Å². The molecule has 0 aromatic heterocycles. The number of rotatable bonds is 0. The van der Waals surface area contributed by atoms with Gasteiger partial charge in [-0.1, -0.05) is 0 Å². The Kier molecular flexibility index (Phi) is 34.0. The fraction of sp³-hybridized carbons (Fsp3) is 0. The van der Waals surface area contributed by atoms with Gasteiger partial charge in [-0.15, -0.1) is 0 Å². The number of hydrogen-bond donors (Lipinski definition) is 0. The molecule has 0 aliphatic heterocycles. The summed E-state index contributed by atoms with van der Waals surface area (Å²) in [6, 6.07) is 0. The summed E-state index contributed by atoms with van der Waals surface area (Å²) in [5.74, 6) is 0. The van der Waals surface area contributed by atoms with Gasteiger partial charge in [-0.2, -0.15) is 0 Å². The summed E-state index contributed by atoms with van der Waals surface area (Å²) in [6.45, 7) is 0. The van der Waals surface area contributed by atoms with E-state index in [4.69, 9.17) is 34.1 Å². The van der Waals surface area contributed by atoms with E-state index in [1.54, 1.807) is 0 Å². The summed E-state index contributed by atoms with van der Waals surface area (Å²) in [4.78, 5) is 0. The molecule has 0 amide bonds. The quantitative estimate of drug-likeness (QED) is 0.391. The molecule has 0 N–H and O–H groups in total. The summed E-state index contributed by atoms with van der Waals surface area (Å²) < 4.78 is 77.1. The molecule has 0 heterocycles. The van der Waals surface area contributed by atoms with E-state index < -0.39 is 46.2 Å². The third kappa shape index (κ3) is 1710. The Balaban J connectivity index is -0.0000000450. The molecule has 0 bridgehead atoms. The molecular formula is FeO9V3. The average molecular weight is 353 g/mol. The van der Waals surface area contributed by atoms with Crippen LogP contribution < -0.4 is 12.1 Å². The first kappa shape index (κ1) is 23.6. The van der Waals surface area contributed by atoms with Crippen LogP contribution in [0.4, 0.5) is 0 Å². The van der Waals surface area contributed by atoms with Gasteiger partial charge in [0, 0.05) is 0 Å². The third-order valence-corrected chi connectivity index (χ3v) is 0. The maximum atomic E-state index is 8.56. The zero-order chi connectivity index (χ0) is 10.7. The second kappa shape index (κ2) is 18.7. The standard InChI is InChI=1S/Fe.9O.3V/q+3;;;;;;;3*-1;;;. The predicted octanol–water partition coefficient (Wildman–Crippen LogP) is -4.29. The fourth-order valence-corrected chi connectivity index (χ4v) is 0. The molecule has 0 aromatic rings. The van der Waals surface area contributed by atoms with Crippen molar-refractivity contribution in [2.45, 2.75) is 0 Å². The van der Waals surface area contributed by atoms with E-state index in [0.29, 0.717) is 0 Å². The summed E-state index contributed by atoms with van der Waals surface area (Å²) in [7, 11) is 0. The molecule has 13 heavy (non-hydrogen) atoms. The monoisotopic (exact) mass is 353 g/mol. The topological polar surface area (TPSA) is 172 Å². The van der Waals surface area contributed by atoms with Gasteiger partial charge in [0.05, 0.1) is 0 Å². The molecule has 9 nitrogen and oxygen atoms in total. The SMILES string of the molecule is [Fe+3].[O]=[V](=[O])[O-].[O]=[V](=[O])[O-].[O]=[V](=[O])[O-]. The van der Waals surface area contributed by atoms with Crippen molar-refractivity contribution in [3.63, 3.8) is 0 Å². The van der Waals surface area contributed by atoms with Gasteiger partial charge in [0.25, 0.3) is 0 Å². The van der Waals surface area contributed by atoms with E-state index in [0.717, 1.165) is 0 Å². The second-order valence-electron chi connectivity index (χ2n) is 0.671. The molecule has 0 saturated heterocycles. The van der Waals surface area contributed by atoms with Crippen LogP contribution in [0.25, 0.3) is 0 Å². The van der Waals surface area contributed by atoms with Gasteiger partial charge in [-0.25, -0.2) is 0 Å². The molecular weight excluding hydrogens is 353 g/mol. The Labute approximate surface area is 96.7 Å². The molecule has 0 aliphatic rings. The Bertz CT molecular complexity index is 208. The van der Waals surface area contributed by atoms with Crippen molar-refractivity contribution in [1.29, 1.82) is 0 Å². The van der Waals surface area contributed by atoms with Crippen molar-refractivity contribution < 1.29 is 97.4 Å². The van der Waals surface area contributed by atoms with Gasteiger partial charge in [0.1, 0.15) is 0 Å². The molecule has 0 saturated carbocycles. The minimum atomic E-state index is -3.94. The van der Waals surface area contributed by atoms with Crippen LogP contribution in [0.5, 0.6) is 0 Å². The van der Waals surface area contributed by atoms with E-state index in [2.05, 4.69) is 0 Å². The van der Waals surface area contributed by atoms with Crippen LogP contribution in [0.2, 0.25) is 0 Å². The van der Waals surface area contributed by atoms with Crippen molar-refractivity contribution >= 4 is 0 Å². The zero-order valence-corrected chi connectivity index (χ0v) is 10.7. The van der Waals surface area contributed by atoms with Crippen LogP contribution in [0.3, 0.4) is 0 Å². The average Bonchev–Trinajstić information content (AvgIpc) is 1.54. The van der Waals surface area contributed by atoms with Crippen LogP contribution in [-0.2, 0) is 85.3 Å². The first-order chi connectivity index (χ1) is 5.20. The Morgan fingerprint density at radius 3 is 0.538 bits per heavy atom. The summed E-state index contributed by atoms with van der Waals surface area (Å²) in [5, 5.41) is 0. The molecule has 77 valence electrons. The van der Waals surface area contributed by atoms with Crippen molar-refractivity contribution in [2.75, 3.05) is 0 Å². The van der Waals surface area contributed by atoms with Gasteiger partial charge in [0.2, 0.25) is 0 Å². The molecule has 0 rings (SSSR count). The van der Waals surface area contributed by atoms with Crippen LogP contribution in [0.1, 0.15) is 0 Å². The molecule has 0 unspecified atom stereocenters. The van der Waals surface area contributed by atoms with E-state index in [1.165, 1.54) is 0 Å². The van der Waals surface area contributed by atoms with Crippen LogP contribution in [-0.4, -0.2) is 0 Å². The van der Waals surface area contributed by atoms with E-state index >= 15 is 0 Å². The van der Waals surface area contributed by atoms with E-state index in [-0.39, 0.29) is 17.1 Å². The van der Waals surface area contributed by atoms with Crippen molar-refractivity contribution in [3.05, 3.63) is 0 Å². The van der Waals surface area contributed by atoms with Crippen LogP contribution in [0, 0.1) is 0 Å². The van der Waals surface area contributed by atoms with Crippen molar-refractivity contribution in [3.8, 4) is 0 Å². The van der Waals surface area contributed by atoms with Crippen molar-refractivity contribution in [2.24, 2.45) is 0 Å². The molecule has 0 aliphatic carbocycles. The fourth-order valence-electron chi connectivity index (χ4n) is 0. The first-order valence-electron chi connectivity index (χ1n) is 1.64. The molecule has 1 radical (unpaired) electrons. The molecule has 0 aromatic carbocycles. The van der Waals surface area contributed by atoms with Gasteiger partial charge >= 0.3 is 97.4 Å². The molecule has 13 heteroatoms. The number of hydrogen-bond acceptors (Lipinski definition) is 9. The third-order valence-electron chi connectivity index (χ3n) is 0. The molecule has 0 atom stereocenters. The predicted molar refractivity (Wildman–Crippen MR) is 4.12 cm³/mol. The van der Waals surface area contributed by atoms with Crippen molar-refractivity contribution in [1.82, 2.24) is 0 Å². The molecule has 0 fully saturated rings. The minimum absolute atomic E-state index is 0. The maximum absolute atomic E-state index is 8.56. The van der Waals surface area contributed by atoms with Crippen LogP contribution >= 0.6 is 0 Å². The van der Waals surface area contributed by atoms with Gasteiger partial charge in [-0.05, 0) is 0 Å². The Morgan fingerprint density at radius 2 is 0.538 bits per heavy atom. The molecule has 0 spiro atoms. The van der Waals surface area contributed by atoms with E-state index in [1.807, 2.05) is 0 Å². The second-order valence-corrected chi connectivity index (χ2v) is 2.77. The zero-order valence-electron chi connectivity index (χ0n) is 5.37. The first-order valence-corrected chi connectivity index (χ1v) is 6.77. The Hall–Kier alpha value is 0.953. The van der Waals surface area contributed by atoms with Gasteiger partial charge in [-0.3, -0.25) is 0 Å². The normalized spacial score (nSPS) is 5.77.